The molecule has 4 rings (SSSR count). The van der Waals surface area contributed by atoms with Gasteiger partial charge in [-0.3, -0.25) is 9.59 Å². The SMILES string of the molecule is CCc1ccc(NC(=O)CC2C(=O)Nc3c(-c4ccc(Cl)cc4)c(C)nn32)cc1. The van der Waals surface area contributed by atoms with Gasteiger partial charge >= 0.3 is 0 Å². The van der Waals surface area contributed by atoms with Crippen LogP contribution < -0.4 is 10.6 Å². The quantitative estimate of drug-likeness (QED) is 0.648. The van der Waals surface area contributed by atoms with Crippen LogP contribution in [0.2, 0.25) is 5.02 Å². The Morgan fingerprint density at radius 3 is 2.52 bits per heavy atom. The monoisotopic (exact) mass is 408 g/mol. The van der Waals surface area contributed by atoms with E-state index in [0.29, 0.717) is 16.5 Å². The highest BCUT2D eigenvalue weighted by Gasteiger charge is 2.36. The van der Waals surface area contributed by atoms with Gasteiger partial charge in [0, 0.05) is 16.3 Å². The third kappa shape index (κ3) is 3.76. The van der Waals surface area contributed by atoms with Gasteiger partial charge in [-0.05, 0) is 48.7 Å². The smallest absolute Gasteiger partial charge is 0.251 e. The highest BCUT2D eigenvalue weighted by molar-refractivity contribution is 6.30. The number of aryl methyl sites for hydroxylation is 2. The largest absolute Gasteiger partial charge is 0.326 e. The fourth-order valence-electron chi connectivity index (χ4n) is 3.56. The second-order valence-corrected chi connectivity index (χ2v) is 7.50. The lowest BCUT2D eigenvalue weighted by Crippen LogP contribution is -2.23. The number of benzene rings is 2. The van der Waals surface area contributed by atoms with Crippen LogP contribution in [0, 0.1) is 6.92 Å². The van der Waals surface area contributed by atoms with E-state index < -0.39 is 6.04 Å². The summed E-state index contributed by atoms with van der Waals surface area (Å²) in [5.74, 6) is 0.141. The molecule has 1 aromatic heterocycles. The zero-order chi connectivity index (χ0) is 20.5. The number of anilines is 2. The van der Waals surface area contributed by atoms with E-state index in [2.05, 4.69) is 22.7 Å². The van der Waals surface area contributed by atoms with Crippen LogP contribution in [0.25, 0.3) is 11.1 Å². The van der Waals surface area contributed by atoms with E-state index in [9.17, 15) is 9.59 Å². The molecule has 1 aliphatic rings. The van der Waals surface area contributed by atoms with Gasteiger partial charge in [0.25, 0.3) is 5.91 Å². The van der Waals surface area contributed by atoms with Crippen LogP contribution in [0.4, 0.5) is 11.5 Å². The lowest BCUT2D eigenvalue weighted by atomic mass is 10.1. The van der Waals surface area contributed by atoms with Crippen LogP contribution in [0.15, 0.2) is 48.5 Å². The fourth-order valence-corrected chi connectivity index (χ4v) is 3.68. The van der Waals surface area contributed by atoms with Gasteiger partial charge in [0.05, 0.1) is 12.1 Å². The van der Waals surface area contributed by atoms with E-state index in [0.717, 1.165) is 23.2 Å². The first kappa shape index (κ1) is 19.2. The minimum Gasteiger partial charge on any atom is -0.326 e. The van der Waals surface area contributed by atoms with Crippen LogP contribution >= 0.6 is 11.6 Å². The molecular weight excluding hydrogens is 388 g/mol. The van der Waals surface area contributed by atoms with Crippen LogP contribution in [-0.4, -0.2) is 21.6 Å². The van der Waals surface area contributed by atoms with E-state index in [-0.39, 0.29) is 18.2 Å². The molecule has 0 fully saturated rings. The van der Waals surface area contributed by atoms with Crippen molar-refractivity contribution in [3.63, 3.8) is 0 Å². The number of nitrogens with zero attached hydrogens (tertiary/aromatic N) is 2. The molecule has 0 radical (unpaired) electrons. The Balaban J connectivity index is 1.54. The van der Waals surface area contributed by atoms with E-state index in [1.165, 1.54) is 5.56 Å². The molecule has 0 bridgehead atoms. The first-order valence-electron chi connectivity index (χ1n) is 9.51. The first-order chi connectivity index (χ1) is 14.0. The highest BCUT2D eigenvalue weighted by Crippen LogP contribution is 2.38. The summed E-state index contributed by atoms with van der Waals surface area (Å²) in [6.07, 6.45) is 0.948. The number of hydrogen-bond acceptors (Lipinski definition) is 3. The number of hydrogen-bond donors (Lipinski definition) is 2. The maximum atomic E-state index is 12.5. The Kier molecular flexibility index (Phi) is 5.11. The van der Waals surface area contributed by atoms with Gasteiger partial charge in [-0.2, -0.15) is 5.10 Å². The van der Waals surface area contributed by atoms with Gasteiger partial charge in [-0.1, -0.05) is 42.8 Å². The summed E-state index contributed by atoms with van der Waals surface area (Å²) >= 11 is 5.98. The molecule has 2 heterocycles. The van der Waals surface area contributed by atoms with Crippen LogP contribution in [0.5, 0.6) is 0 Å². The molecule has 1 aliphatic heterocycles. The number of aromatic nitrogens is 2. The number of rotatable bonds is 5. The summed E-state index contributed by atoms with van der Waals surface area (Å²) in [5, 5.41) is 10.9. The van der Waals surface area contributed by atoms with Gasteiger partial charge in [-0.15, -0.1) is 0 Å². The Bertz CT molecular complexity index is 1070. The van der Waals surface area contributed by atoms with E-state index >= 15 is 0 Å². The van der Waals surface area contributed by atoms with Crippen molar-refractivity contribution < 1.29 is 9.59 Å². The van der Waals surface area contributed by atoms with Crippen LogP contribution in [-0.2, 0) is 16.0 Å². The molecule has 2 aromatic carbocycles. The third-order valence-electron chi connectivity index (χ3n) is 5.08. The van der Waals surface area contributed by atoms with Crippen molar-refractivity contribution >= 4 is 34.9 Å². The number of amides is 2. The molecule has 2 amide bonds. The molecule has 1 atom stereocenters. The minimum absolute atomic E-state index is 0.00946. The summed E-state index contributed by atoms with van der Waals surface area (Å²) < 4.78 is 1.61. The van der Waals surface area contributed by atoms with E-state index in [1.54, 1.807) is 16.8 Å². The summed E-state index contributed by atoms with van der Waals surface area (Å²) in [6, 6.07) is 14.4. The standard InChI is InChI=1S/C22H21ClN4O2/c1-3-14-4-10-17(11-5-14)24-19(28)12-18-22(29)25-21-20(13(2)26-27(18)21)15-6-8-16(23)9-7-15/h4-11,18H,3,12H2,1-2H3,(H,24,28)(H,25,29). The van der Waals surface area contributed by atoms with Gasteiger partial charge < -0.3 is 10.6 Å². The van der Waals surface area contributed by atoms with Crippen molar-refractivity contribution in [3.8, 4) is 11.1 Å². The summed E-state index contributed by atoms with van der Waals surface area (Å²) in [6.45, 7) is 3.96. The third-order valence-corrected chi connectivity index (χ3v) is 5.33. The van der Waals surface area contributed by atoms with Gasteiger partial charge in [-0.25, -0.2) is 4.68 Å². The summed E-state index contributed by atoms with van der Waals surface area (Å²) in [7, 11) is 0. The Morgan fingerprint density at radius 1 is 1.17 bits per heavy atom. The molecule has 6 nitrogen and oxygen atoms in total. The van der Waals surface area contributed by atoms with Crippen molar-refractivity contribution in [1.82, 2.24) is 9.78 Å². The molecule has 2 N–H and O–H groups in total. The topological polar surface area (TPSA) is 76.0 Å². The second-order valence-electron chi connectivity index (χ2n) is 7.07. The van der Waals surface area contributed by atoms with Gasteiger partial charge in [0.15, 0.2) is 0 Å². The molecular formula is C22H21ClN4O2. The summed E-state index contributed by atoms with van der Waals surface area (Å²) in [4.78, 5) is 25.1. The second kappa shape index (κ2) is 7.72. The maximum absolute atomic E-state index is 12.5. The van der Waals surface area contributed by atoms with Crippen LogP contribution in [0.1, 0.15) is 30.6 Å². The average molecular weight is 409 g/mol. The van der Waals surface area contributed by atoms with Crippen LogP contribution in [0.3, 0.4) is 0 Å². The average Bonchev–Trinajstić information content (AvgIpc) is 3.17. The molecule has 0 aliphatic carbocycles. The number of carbonyl (C=O) groups excluding carboxylic acids is 2. The van der Waals surface area contributed by atoms with Crippen molar-refractivity contribution in [1.29, 1.82) is 0 Å². The fraction of sp³-hybridized carbons (Fsp3) is 0.227. The molecule has 3 aromatic rings. The molecule has 1 unspecified atom stereocenters. The zero-order valence-corrected chi connectivity index (χ0v) is 17.0. The van der Waals surface area contributed by atoms with Crippen molar-refractivity contribution in [3.05, 3.63) is 64.8 Å². The molecule has 0 spiro atoms. The summed E-state index contributed by atoms with van der Waals surface area (Å²) in [5.41, 5.74) is 4.44. The van der Waals surface area contributed by atoms with Crippen molar-refractivity contribution in [2.24, 2.45) is 0 Å². The maximum Gasteiger partial charge on any atom is 0.251 e. The molecule has 29 heavy (non-hydrogen) atoms. The van der Waals surface area contributed by atoms with Crippen molar-refractivity contribution in [2.45, 2.75) is 32.7 Å². The van der Waals surface area contributed by atoms with Crippen molar-refractivity contribution in [2.75, 3.05) is 10.6 Å². The first-order valence-corrected chi connectivity index (χ1v) is 9.88. The normalized spacial score (nSPS) is 15.1. The Morgan fingerprint density at radius 2 is 1.86 bits per heavy atom. The number of nitrogens with one attached hydrogen (secondary N) is 2. The number of halogens is 1. The van der Waals surface area contributed by atoms with Gasteiger partial charge in [0.1, 0.15) is 11.9 Å². The van der Waals surface area contributed by atoms with E-state index in [4.69, 9.17) is 11.6 Å². The zero-order valence-electron chi connectivity index (χ0n) is 16.2. The molecule has 0 saturated carbocycles. The predicted molar refractivity (Wildman–Crippen MR) is 114 cm³/mol. The minimum atomic E-state index is -0.681. The molecule has 148 valence electrons. The Labute approximate surface area is 173 Å². The Hall–Kier alpha value is -3.12. The molecule has 0 saturated heterocycles. The van der Waals surface area contributed by atoms with E-state index in [1.807, 2.05) is 43.3 Å². The lowest BCUT2D eigenvalue weighted by molar-refractivity contribution is -0.123. The van der Waals surface area contributed by atoms with Gasteiger partial charge in [0.2, 0.25) is 5.91 Å². The number of carbonyl (C=O) groups is 2. The predicted octanol–water partition coefficient (Wildman–Crippen LogP) is 4.60. The molecule has 7 heteroatoms. The number of fused-ring (bicyclic) bond motifs is 1. The lowest BCUT2D eigenvalue weighted by Gasteiger charge is -2.10. The highest BCUT2D eigenvalue weighted by atomic mass is 35.5.